The Labute approximate surface area is 121 Å². The van der Waals surface area contributed by atoms with Crippen LogP contribution in [0.4, 0.5) is 0 Å². The molecule has 3 fully saturated rings. The molecule has 2 aliphatic heterocycles. The highest BCUT2D eigenvalue weighted by Crippen LogP contribution is 2.41. The van der Waals surface area contributed by atoms with Crippen LogP contribution < -0.4 is 0 Å². The van der Waals surface area contributed by atoms with Gasteiger partial charge in [-0.25, -0.2) is 0 Å². The average molecular weight is 281 g/mol. The van der Waals surface area contributed by atoms with E-state index in [1.54, 1.807) is 0 Å². The van der Waals surface area contributed by atoms with Gasteiger partial charge in [0.1, 0.15) is 0 Å². The molecule has 0 radical (unpaired) electrons. The van der Waals surface area contributed by atoms with E-state index in [0.717, 1.165) is 65.1 Å². The van der Waals surface area contributed by atoms with Gasteiger partial charge in [0.2, 0.25) is 5.91 Å². The minimum absolute atomic E-state index is 0.103. The topological polar surface area (TPSA) is 47.0 Å². The van der Waals surface area contributed by atoms with E-state index in [-0.39, 0.29) is 12.0 Å². The number of piperidine rings is 1. The summed E-state index contributed by atoms with van der Waals surface area (Å²) in [5.74, 6) is 1.24. The van der Waals surface area contributed by atoms with Crippen LogP contribution in [0.3, 0.4) is 0 Å². The van der Waals surface area contributed by atoms with Crippen molar-refractivity contribution in [3.63, 3.8) is 0 Å². The van der Waals surface area contributed by atoms with Crippen LogP contribution in [0.1, 0.15) is 19.3 Å². The molecule has 5 nitrogen and oxygen atoms in total. The predicted octanol–water partition coefficient (Wildman–Crippen LogP) is -0.147. The fourth-order valence-electron chi connectivity index (χ4n) is 3.45. The molecule has 2 atom stereocenters. The largest absolute Gasteiger partial charge is 0.393 e. The van der Waals surface area contributed by atoms with Crippen LogP contribution in [0.25, 0.3) is 0 Å². The molecular weight excluding hydrogens is 254 g/mol. The van der Waals surface area contributed by atoms with Gasteiger partial charge in [0, 0.05) is 51.7 Å². The van der Waals surface area contributed by atoms with Gasteiger partial charge in [-0.15, -0.1) is 0 Å². The first-order valence-electron chi connectivity index (χ1n) is 8.01. The molecule has 3 rings (SSSR count). The van der Waals surface area contributed by atoms with Crippen molar-refractivity contribution in [1.29, 1.82) is 0 Å². The number of hydrogen-bond donors (Lipinski definition) is 1. The Bertz CT molecular complexity index is 347. The Kier molecular flexibility index (Phi) is 4.29. The number of rotatable bonds is 3. The van der Waals surface area contributed by atoms with Gasteiger partial charge in [-0.05, 0) is 32.2 Å². The third-order valence-electron chi connectivity index (χ3n) is 5.10. The number of likely N-dealkylation sites (tertiary alicyclic amines) is 1. The number of carbonyl (C=O) groups is 1. The summed E-state index contributed by atoms with van der Waals surface area (Å²) in [6.45, 7) is 6.85. The zero-order chi connectivity index (χ0) is 14.1. The Morgan fingerprint density at radius 2 is 1.75 bits per heavy atom. The summed E-state index contributed by atoms with van der Waals surface area (Å²) < 4.78 is 0. The molecule has 20 heavy (non-hydrogen) atoms. The lowest BCUT2D eigenvalue weighted by Gasteiger charge is -2.33. The second-order valence-electron chi connectivity index (χ2n) is 6.76. The molecule has 0 spiro atoms. The molecule has 0 aromatic rings. The molecule has 5 heteroatoms. The summed E-state index contributed by atoms with van der Waals surface area (Å²) in [6.07, 6.45) is 2.76. The second kappa shape index (κ2) is 6.00. The predicted molar refractivity (Wildman–Crippen MR) is 77.4 cm³/mol. The second-order valence-corrected chi connectivity index (χ2v) is 6.76. The molecule has 2 saturated heterocycles. The molecule has 2 heterocycles. The van der Waals surface area contributed by atoms with E-state index < -0.39 is 0 Å². The third-order valence-corrected chi connectivity index (χ3v) is 5.10. The summed E-state index contributed by atoms with van der Waals surface area (Å²) in [4.78, 5) is 19.2. The minimum Gasteiger partial charge on any atom is -0.393 e. The molecule has 1 aliphatic carbocycles. The maximum Gasteiger partial charge on any atom is 0.226 e. The standard InChI is InChI=1S/C15H27N3O2/c1-16-6-8-18(9-7-16)15(20)14-10-12(14)11-17-4-2-13(19)3-5-17/h12-14,19H,2-11H2,1H3. The molecule has 1 N–H and O–H groups in total. The Balaban J connectivity index is 1.41. The first-order valence-corrected chi connectivity index (χ1v) is 8.01. The molecule has 0 bridgehead atoms. The molecule has 114 valence electrons. The van der Waals surface area contributed by atoms with E-state index in [2.05, 4.69) is 21.7 Å². The van der Waals surface area contributed by atoms with Gasteiger partial charge in [0.25, 0.3) is 0 Å². The van der Waals surface area contributed by atoms with Crippen LogP contribution in [0, 0.1) is 11.8 Å². The van der Waals surface area contributed by atoms with Crippen LogP contribution >= 0.6 is 0 Å². The van der Waals surface area contributed by atoms with E-state index >= 15 is 0 Å². The van der Waals surface area contributed by atoms with Crippen molar-refractivity contribution in [3.8, 4) is 0 Å². The van der Waals surface area contributed by atoms with Crippen molar-refractivity contribution < 1.29 is 9.90 Å². The SMILES string of the molecule is CN1CCN(C(=O)C2CC2CN2CCC(O)CC2)CC1. The highest BCUT2D eigenvalue weighted by Gasteiger charge is 2.45. The van der Waals surface area contributed by atoms with E-state index in [1.165, 1.54) is 0 Å². The Hall–Kier alpha value is -0.650. The summed E-state index contributed by atoms with van der Waals surface area (Å²) >= 11 is 0. The van der Waals surface area contributed by atoms with Crippen LogP contribution in [-0.2, 0) is 4.79 Å². The van der Waals surface area contributed by atoms with Crippen molar-refractivity contribution in [2.75, 3.05) is 52.9 Å². The molecule has 0 aromatic carbocycles. The quantitative estimate of drug-likeness (QED) is 0.782. The van der Waals surface area contributed by atoms with Crippen LogP contribution in [0.5, 0.6) is 0 Å². The van der Waals surface area contributed by atoms with Gasteiger partial charge in [-0.3, -0.25) is 4.79 Å². The zero-order valence-electron chi connectivity index (χ0n) is 12.5. The lowest BCUT2D eigenvalue weighted by molar-refractivity contribution is -0.134. The number of amides is 1. The summed E-state index contributed by atoms with van der Waals surface area (Å²) in [5.41, 5.74) is 0. The van der Waals surface area contributed by atoms with Crippen molar-refractivity contribution >= 4 is 5.91 Å². The number of hydrogen-bond acceptors (Lipinski definition) is 4. The first-order chi connectivity index (χ1) is 9.63. The molecular formula is C15H27N3O2. The van der Waals surface area contributed by atoms with Gasteiger partial charge in [0.15, 0.2) is 0 Å². The summed E-state index contributed by atoms with van der Waals surface area (Å²) in [6, 6.07) is 0. The number of aliphatic hydroxyl groups excluding tert-OH is 1. The molecule has 1 amide bonds. The monoisotopic (exact) mass is 281 g/mol. The van der Waals surface area contributed by atoms with Crippen molar-refractivity contribution in [2.45, 2.75) is 25.4 Å². The number of piperazine rings is 1. The molecule has 3 aliphatic rings. The maximum absolute atomic E-state index is 12.4. The highest BCUT2D eigenvalue weighted by atomic mass is 16.3. The van der Waals surface area contributed by atoms with Crippen LogP contribution in [0.15, 0.2) is 0 Å². The van der Waals surface area contributed by atoms with E-state index in [4.69, 9.17) is 0 Å². The summed E-state index contributed by atoms with van der Waals surface area (Å²) in [7, 11) is 2.12. The first kappa shape index (κ1) is 14.3. The normalized spacial score (nSPS) is 33.4. The average Bonchev–Trinajstić information content (AvgIpc) is 3.21. The van der Waals surface area contributed by atoms with Crippen LogP contribution in [0.2, 0.25) is 0 Å². The van der Waals surface area contributed by atoms with Gasteiger partial charge in [-0.2, -0.15) is 0 Å². The van der Waals surface area contributed by atoms with Crippen LogP contribution in [-0.4, -0.2) is 84.7 Å². The Morgan fingerprint density at radius 1 is 1.10 bits per heavy atom. The lowest BCUT2D eigenvalue weighted by atomic mass is 10.1. The van der Waals surface area contributed by atoms with Crippen molar-refractivity contribution in [2.24, 2.45) is 11.8 Å². The van der Waals surface area contributed by atoms with Crippen molar-refractivity contribution in [1.82, 2.24) is 14.7 Å². The fourth-order valence-corrected chi connectivity index (χ4v) is 3.45. The Morgan fingerprint density at radius 3 is 2.40 bits per heavy atom. The molecule has 0 aromatic heterocycles. The maximum atomic E-state index is 12.4. The fraction of sp³-hybridized carbons (Fsp3) is 0.933. The number of nitrogens with zero attached hydrogens (tertiary/aromatic N) is 3. The minimum atomic E-state index is -0.103. The molecule has 2 unspecified atom stereocenters. The molecule has 1 saturated carbocycles. The zero-order valence-corrected chi connectivity index (χ0v) is 12.5. The van der Waals surface area contributed by atoms with E-state index in [0.29, 0.717) is 11.8 Å². The number of carbonyl (C=O) groups excluding carboxylic acids is 1. The van der Waals surface area contributed by atoms with Gasteiger partial charge < -0.3 is 19.8 Å². The number of aliphatic hydroxyl groups is 1. The van der Waals surface area contributed by atoms with E-state index in [1.807, 2.05) is 0 Å². The smallest absolute Gasteiger partial charge is 0.226 e. The summed E-state index contributed by atoms with van der Waals surface area (Å²) in [5, 5.41) is 9.52. The van der Waals surface area contributed by atoms with Gasteiger partial charge in [-0.1, -0.05) is 0 Å². The van der Waals surface area contributed by atoms with Gasteiger partial charge in [0.05, 0.1) is 6.10 Å². The van der Waals surface area contributed by atoms with E-state index in [9.17, 15) is 9.90 Å². The van der Waals surface area contributed by atoms with Crippen molar-refractivity contribution in [3.05, 3.63) is 0 Å². The lowest BCUT2D eigenvalue weighted by Crippen LogP contribution is -2.48. The number of likely N-dealkylation sites (N-methyl/N-ethyl adjacent to an activating group) is 1. The third kappa shape index (κ3) is 3.32. The highest BCUT2D eigenvalue weighted by molar-refractivity contribution is 5.81. The van der Waals surface area contributed by atoms with Gasteiger partial charge >= 0.3 is 0 Å².